The van der Waals surface area contributed by atoms with E-state index >= 15 is 0 Å². The number of fused-ring (bicyclic) bond motifs is 1. The summed E-state index contributed by atoms with van der Waals surface area (Å²) in [5.41, 5.74) is 2.50. The number of piperazine rings is 1. The second-order valence-electron chi connectivity index (χ2n) is 6.24. The maximum absolute atomic E-state index is 12.3. The molecule has 0 aromatic heterocycles. The van der Waals surface area contributed by atoms with Crippen molar-refractivity contribution in [1.82, 2.24) is 20.4 Å². The van der Waals surface area contributed by atoms with Crippen molar-refractivity contribution < 1.29 is 9.59 Å². The van der Waals surface area contributed by atoms with Gasteiger partial charge < -0.3 is 20.4 Å². The summed E-state index contributed by atoms with van der Waals surface area (Å²) in [6.45, 7) is 5.72. The molecule has 6 nitrogen and oxygen atoms in total. The zero-order valence-corrected chi connectivity index (χ0v) is 14.8. The number of amides is 3. The first-order valence-electron chi connectivity index (χ1n) is 8.25. The Morgan fingerprint density at radius 3 is 2.75 bits per heavy atom. The third-order valence-corrected chi connectivity index (χ3v) is 4.63. The van der Waals surface area contributed by atoms with E-state index in [2.05, 4.69) is 22.8 Å². The van der Waals surface area contributed by atoms with Crippen molar-refractivity contribution in [2.24, 2.45) is 0 Å². The van der Waals surface area contributed by atoms with Gasteiger partial charge in [-0.2, -0.15) is 0 Å². The first kappa shape index (κ1) is 18.5. The molecule has 1 unspecified atom stereocenters. The fourth-order valence-corrected chi connectivity index (χ4v) is 3.25. The molecule has 0 saturated carbocycles. The van der Waals surface area contributed by atoms with E-state index in [1.165, 1.54) is 11.1 Å². The summed E-state index contributed by atoms with van der Waals surface area (Å²) < 4.78 is 0. The van der Waals surface area contributed by atoms with E-state index in [9.17, 15) is 9.59 Å². The number of hydrogen-bond acceptors (Lipinski definition) is 3. The molecule has 1 atom stereocenters. The molecular weight excluding hydrogens is 328 g/mol. The first-order chi connectivity index (χ1) is 11.1. The van der Waals surface area contributed by atoms with Crippen LogP contribution < -0.4 is 10.6 Å². The van der Waals surface area contributed by atoms with Crippen LogP contribution in [0.5, 0.6) is 0 Å². The first-order valence-corrected chi connectivity index (χ1v) is 8.25. The average Bonchev–Trinajstić information content (AvgIpc) is 2.59. The fraction of sp³-hybridized carbons (Fsp3) is 0.529. The third kappa shape index (κ3) is 4.19. The fourth-order valence-electron chi connectivity index (χ4n) is 3.25. The number of hydrogen-bond donors (Lipinski definition) is 2. The molecule has 2 heterocycles. The van der Waals surface area contributed by atoms with Crippen LogP contribution in [0.4, 0.5) is 4.79 Å². The summed E-state index contributed by atoms with van der Waals surface area (Å²) in [6.07, 6.45) is 0.867. The van der Waals surface area contributed by atoms with Gasteiger partial charge in [0.15, 0.2) is 0 Å². The molecule has 0 spiro atoms. The molecule has 24 heavy (non-hydrogen) atoms. The molecule has 1 saturated heterocycles. The van der Waals surface area contributed by atoms with Crippen molar-refractivity contribution in [3.05, 3.63) is 35.4 Å². The number of halogens is 1. The van der Waals surface area contributed by atoms with E-state index in [0.29, 0.717) is 19.6 Å². The van der Waals surface area contributed by atoms with Crippen LogP contribution in [0.15, 0.2) is 24.3 Å². The molecule has 1 aromatic rings. The molecule has 3 rings (SSSR count). The number of carbonyl (C=O) groups excluding carboxylic acids is 2. The lowest BCUT2D eigenvalue weighted by atomic mass is 10.0. The second-order valence-corrected chi connectivity index (χ2v) is 6.24. The number of nitrogens with one attached hydrogen (secondary N) is 2. The largest absolute Gasteiger partial charge is 0.336 e. The van der Waals surface area contributed by atoms with Crippen molar-refractivity contribution in [3.63, 3.8) is 0 Å². The van der Waals surface area contributed by atoms with Gasteiger partial charge >= 0.3 is 6.03 Å². The van der Waals surface area contributed by atoms with Gasteiger partial charge in [0.2, 0.25) is 5.91 Å². The molecule has 0 bridgehead atoms. The maximum atomic E-state index is 12.3. The van der Waals surface area contributed by atoms with Crippen LogP contribution in [-0.4, -0.2) is 60.5 Å². The topological polar surface area (TPSA) is 64.7 Å². The number of rotatable bonds is 2. The van der Waals surface area contributed by atoms with Gasteiger partial charge in [-0.05, 0) is 24.5 Å². The van der Waals surface area contributed by atoms with Crippen LogP contribution in [0.3, 0.4) is 0 Å². The van der Waals surface area contributed by atoms with Crippen LogP contribution in [0, 0.1) is 0 Å². The minimum Gasteiger partial charge on any atom is -0.336 e. The molecule has 132 valence electrons. The zero-order valence-electron chi connectivity index (χ0n) is 14.0. The second kappa shape index (κ2) is 8.35. The highest BCUT2D eigenvalue weighted by molar-refractivity contribution is 5.85. The van der Waals surface area contributed by atoms with Crippen LogP contribution >= 0.6 is 12.4 Å². The number of urea groups is 1. The van der Waals surface area contributed by atoms with E-state index < -0.39 is 0 Å². The molecule has 2 N–H and O–H groups in total. The summed E-state index contributed by atoms with van der Waals surface area (Å²) in [6, 6.07) is 8.21. The Bertz CT molecular complexity index is 596. The Morgan fingerprint density at radius 2 is 2.00 bits per heavy atom. The summed E-state index contributed by atoms with van der Waals surface area (Å²) in [5.74, 6) is -0.00948. The van der Waals surface area contributed by atoms with E-state index in [1.54, 1.807) is 4.90 Å². The van der Waals surface area contributed by atoms with E-state index in [4.69, 9.17) is 0 Å². The van der Waals surface area contributed by atoms with E-state index in [1.807, 2.05) is 24.0 Å². The SMILES string of the molecule is CC1CNCCN1C(=O)CNC(=O)N1CCc2ccccc2C1.Cl. The predicted molar refractivity (Wildman–Crippen MR) is 95.2 cm³/mol. The molecule has 2 aliphatic heterocycles. The lowest BCUT2D eigenvalue weighted by Crippen LogP contribution is -2.55. The van der Waals surface area contributed by atoms with Crippen molar-refractivity contribution >= 4 is 24.3 Å². The minimum atomic E-state index is -0.157. The minimum absolute atomic E-state index is 0. The van der Waals surface area contributed by atoms with Crippen molar-refractivity contribution in [1.29, 1.82) is 0 Å². The highest BCUT2D eigenvalue weighted by Crippen LogP contribution is 2.18. The molecule has 7 heteroatoms. The standard InChI is InChI=1S/C17H24N4O2.ClH/c1-13-10-18-7-9-21(13)16(22)11-19-17(23)20-8-6-14-4-2-3-5-15(14)12-20;/h2-5,13,18H,6-12H2,1H3,(H,19,23);1H. The Balaban J connectivity index is 0.00000208. The van der Waals surface area contributed by atoms with Gasteiger partial charge in [-0.15, -0.1) is 12.4 Å². The summed E-state index contributed by atoms with van der Waals surface area (Å²) in [4.78, 5) is 28.2. The van der Waals surface area contributed by atoms with E-state index in [-0.39, 0.29) is 36.9 Å². The number of benzene rings is 1. The van der Waals surface area contributed by atoms with Gasteiger partial charge in [-0.1, -0.05) is 24.3 Å². The van der Waals surface area contributed by atoms with Gasteiger partial charge in [0, 0.05) is 38.8 Å². The molecule has 1 fully saturated rings. The number of carbonyl (C=O) groups is 2. The number of nitrogens with zero attached hydrogens (tertiary/aromatic N) is 2. The Hall–Kier alpha value is -1.79. The highest BCUT2D eigenvalue weighted by atomic mass is 35.5. The lowest BCUT2D eigenvalue weighted by molar-refractivity contribution is -0.132. The quantitative estimate of drug-likeness (QED) is 0.834. The maximum Gasteiger partial charge on any atom is 0.318 e. The summed E-state index contributed by atoms with van der Waals surface area (Å²) >= 11 is 0. The Morgan fingerprint density at radius 1 is 1.25 bits per heavy atom. The van der Waals surface area contributed by atoms with Crippen molar-refractivity contribution in [2.75, 3.05) is 32.7 Å². The monoisotopic (exact) mass is 352 g/mol. The molecule has 3 amide bonds. The summed E-state index contributed by atoms with van der Waals surface area (Å²) in [5, 5.41) is 6.03. The highest BCUT2D eigenvalue weighted by Gasteiger charge is 2.25. The Labute approximate surface area is 149 Å². The summed E-state index contributed by atoms with van der Waals surface area (Å²) in [7, 11) is 0. The van der Waals surface area contributed by atoms with Gasteiger partial charge in [0.1, 0.15) is 0 Å². The van der Waals surface area contributed by atoms with Crippen LogP contribution in [0.1, 0.15) is 18.1 Å². The third-order valence-electron chi connectivity index (χ3n) is 4.63. The van der Waals surface area contributed by atoms with Crippen molar-refractivity contribution in [2.45, 2.75) is 25.9 Å². The molecule has 2 aliphatic rings. The lowest BCUT2D eigenvalue weighted by Gasteiger charge is -2.34. The van der Waals surface area contributed by atoms with E-state index in [0.717, 1.165) is 19.5 Å². The normalized spacial score (nSPS) is 20.0. The van der Waals surface area contributed by atoms with Crippen LogP contribution in [0.25, 0.3) is 0 Å². The molecule has 0 radical (unpaired) electrons. The smallest absolute Gasteiger partial charge is 0.318 e. The van der Waals surface area contributed by atoms with Gasteiger partial charge in [0.05, 0.1) is 6.54 Å². The zero-order chi connectivity index (χ0) is 16.2. The molecule has 0 aliphatic carbocycles. The van der Waals surface area contributed by atoms with Crippen LogP contribution in [0.2, 0.25) is 0 Å². The van der Waals surface area contributed by atoms with Crippen LogP contribution in [-0.2, 0) is 17.8 Å². The molecule has 1 aromatic carbocycles. The Kier molecular flexibility index (Phi) is 6.45. The van der Waals surface area contributed by atoms with Gasteiger partial charge in [-0.25, -0.2) is 4.79 Å². The molecular formula is C17H25ClN4O2. The van der Waals surface area contributed by atoms with Crippen molar-refractivity contribution in [3.8, 4) is 0 Å². The average molecular weight is 353 g/mol. The van der Waals surface area contributed by atoms with Gasteiger partial charge in [0.25, 0.3) is 0 Å². The van der Waals surface area contributed by atoms with Gasteiger partial charge in [-0.3, -0.25) is 4.79 Å². The predicted octanol–water partition coefficient (Wildman–Crippen LogP) is 0.996.